The van der Waals surface area contributed by atoms with Gasteiger partial charge in [0.05, 0.1) is 10.4 Å². The summed E-state index contributed by atoms with van der Waals surface area (Å²) < 4.78 is 0. The van der Waals surface area contributed by atoms with Gasteiger partial charge in [-0.25, -0.2) is 4.98 Å². The summed E-state index contributed by atoms with van der Waals surface area (Å²) >= 11 is 0. The fourth-order valence-electron chi connectivity index (χ4n) is 3.62. The van der Waals surface area contributed by atoms with E-state index in [0.29, 0.717) is 18.2 Å². The number of rotatable bonds is 5. The van der Waals surface area contributed by atoms with Crippen molar-refractivity contribution in [1.29, 1.82) is 0 Å². The van der Waals surface area contributed by atoms with E-state index < -0.39 is 4.92 Å². The second kappa shape index (κ2) is 7.82. The van der Waals surface area contributed by atoms with E-state index in [0.717, 1.165) is 29.7 Å². The van der Waals surface area contributed by atoms with Crippen LogP contribution in [0.1, 0.15) is 13.3 Å². The number of amides is 1. The predicted molar refractivity (Wildman–Crippen MR) is 115 cm³/mol. The fourth-order valence-corrected chi connectivity index (χ4v) is 3.62. The molecule has 1 aliphatic heterocycles. The first kappa shape index (κ1) is 19.4. The average molecular weight is 407 g/mol. The van der Waals surface area contributed by atoms with Gasteiger partial charge in [0.2, 0.25) is 11.9 Å². The number of carbonyl (C=O) groups excluding carboxylic acids is 1. The minimum absolute atomic E-state index is 0.0540. The number of anilines is 4. The van der Waals surface area contributed by atoms with Crippen molar-refractivity contribution in [3.63, 3.8) is 0 Å². The Hall–Kier alpha value is -3.95. The summed E-state index contributed by atoms with van der Waals surface area (Å²) in [6.45, 7) is 2.91. The molecule has 1 aliphatic rings. The van der Waals surface area contributed by atoms with Crippen molar-refractivity contribution >= 4 is 45.6 Å². The predicted octanol–water partition coefficient (Wildman–Crippen LogP) is 2.58. The van der Waals surface area contributed by atoms with Gasteiger partial charge in [-0.1, -0.05) is 12.1 Å². The molecule has 10 heteroatoms. The van der Waals surface area contributed by atoms with Gasteiger partial charge in [0.1, 0.15) is 11.5 Å². The molecule has 4 rings (SSSR count). The first-order valence-corrected chi connectivity index (χ1v) is 9.50. The molecule has 0 saturated carbocycles. The van der Waals surface area contributed by atoms with Gasteiger partial charge in [0.15, 0.2) is 0 Å². The van der Waals surface area contributed by atoms with Crippen molar-refractivity contribution < 1.29 is 9.72 Å². The molecule has 30 heavy (non-hydrogen) atoms. The maximum Gasteiger partial charge on any atom is 0.294 e. The van der Waals surface area contributed by atoms with Crippen LogP contribution in [0.3, 0.4) is 0 Å². The van der Waals surface area contributed by atoms with E-state index in [1.165, 1.54) is 19.1 Å². The molecule has 1 unspecified atom stereocenters. The monoisotopic (exact) mass is 407 g/mol. The van der Waals surface area contributed by atoms with Gasteiger partial charge >= 0.3 is 0 Å². The van der Waals surface area contributed by atoms with E-state index in [2.05, 4.69) is 25.5 Å². The topological polar surface area (TPSA) is 139 Å². The first-order chi connectivity index (χ1) is 14.4. The number of benzene rings is 2. The molecule has 0 aliphatic carbocycles. The van der Waals surface area contributed by atoms with Crippen molar-refractivity contribution in [2.45, 2.75) is 19.4 Å². The van der Waals surface area contributed by atoms with Crippen LogP contribution in [-0.4, -0.2) is 39.9 Å². The Labute approximate surface area is 172 Å². The van der Waals surface area contributed by atoms with E-state index in [4.69, 9.17) is 5.73 Å². The highest BCUT2D eigenvalue weighted by Gasteiger charge is 2.26. The zero-order chi connectivity index (χ0) is 21.3. The number of para-hydroxylation sites is 1. The molecule has 3 aromatic rings. The summed E-state index contributed by atoms with van der Waals surface area (Å²) in [5.74, 6) is 1.02. The number of fused-ring (bicyclic) bond motifs is 1. The molecule has 2 aromatic carbocycles. The number of hydrogen-bond acceptors (Lipinski definition) is 8. The van der Waals surface area contributed by atoms with Gasteiger partial charge in [-0.2, -0.15) is 4.98 Å². The molecule has 0 radical (unpaired) electrons. The van der Waals surface area contributed by atoms with Gasteiger partial charge < -0.3 is 21.3 Å². The minimum atomic E-state index is -0.528. The van der Waals surface area contributed by atoms with Crippen LogP contribution in [0, 0.1) is 10.1 Å². The SMILES string of the molecule is CC(=O)NC1CCN(c2nc(Nc3ccc(N)c([N+](=O)[O-])c3)nc3ccccc23)C1. The standard InChI is InChI=1S/C20H21N7O3/c1-12(28)22-14-8-9-26(11-14)19-15-4-2-3-5-17(15)24-20(25-19)23-13-6-7-16(21)18(10-13)27(29)30/h2-7,10,14H,8-9,11,21H2,1H3,(H,22,28)(H,23,24,25). The average Bonchev–Trinajstić information content (AvgIpc) is 3.16. The van der Waals surface area contributed by atoms with Crippen molar-refractivity contribution in [2.24, 2.45) is 0 Å². The highest BCUT2D eigenvalue weighted by Crippen LogP contribution is 2.30. The lowest BCUT2D eigenvalue weighted by atomic mass is 10.2. The summed E-state index contributed by atoms with van der Waals surface area (Å²) in [5.41, 5.74) is 6.80. The van der Waals surface area contributed by atoms with E-state index in [1.807, 2.05) is 24.3 Å². The van der Waals surface area contributed by atoms with E-state index in [9.17, 15) is 14.9 Å². The van der Waals surface area contributed by atoms with Crippen LogP contribution in [0.4, 0.5) is 28.8 Å². The summed E-state index contributed by atoms with van der Waals surface area (Å²) in [5, 5.41) is 18.1. The van der Waals surface area contributed by atoms with Gasteiger partial charge in [-0.15, -0.1) is 0 Å². The molecule has 1 aromatic heterocycles. The lowest BCUT2D eigenvalue weighted by Gasteiger charge is -2.20. The summed E-state index contributed by atoms with van der Waals surface area (Å²) in [7, 11) is 0. The molecule has 0 spiro atoms. The van der Waals surface area contributed by atoms with Gasteiger partial charge in [0.25, 0.3) is 5.69 Å². The Kier molecular flexibility index (Phi) is 5.05. The molecular formula is C20H21N7O3. The zero-order valence-electron chi connectivity index (χ0n) is 16.3. The van der Waals surface area contributed by atoms with Crippen LogP contribution < -0.4 is 21.3 Å². The molecule has 0 bridgehead atoms. The quantitative estimate of drug-likeness (QED) is 0.333. The van der Waals surface area contributed by atoms with Crippen molar-refractivity contribution in [1.82, 2.24) is 15.3 Å². The second-order valence-corrected chi connectivity index (χ2v) is 7.18. The Bertz CT molecular complexity index is 1130. The van der Waals surface area contributed by atoms with E-state index in [-0.39, 0.29) is 23.3 Å². The van der Waals surface area contributed by atoms with Crippen LogP contribution >= 0.6 is 0 Å². The van der Waals surface area contributed by atoms with Crippen LogP contribution in [0.5, 0.6) is 0 Å². The van der Waals surface area contributed by atoms with Crippen LogP contribution in [0.25, 0.3) is 10.9 Å². The van der Waals surface area contributed by atoms with Crippen molar-refractivity contribution in [3.8, 4) is 0 Å². The molecule has 4 N–H and O–H groups in total. The molecule has 2 heterocycles. The van der Waals surface area contributed by atoms with Crippen LogP contribution in [0.15, 0.2) is 42.5 Å². The van der Waals surface area contributed by atoms with Gasteiger partial charge in [0, 0.05) is 43.2 Å². The highest BCUT2D eigenvalue weighted by molar-refractivity contribution is 5.91. The maximum atomic E-state index is 11.4. The lowest BCUT2D eigenvalue weighted by molar-refractivity contribution is -0.383. The Morgan fingerprint density at radius 2 is 2.07 bits per heavy atom. The molecule has 1 amide bonds. The molecule has 1 atom stereocenters. The summed E-state index contributed by atoms with van der Waals surface area (Å²) in [4.78, 5) is 33.4. The highest BCUT2D eigenvalue weighted by atomic mass is 16.6. The molecular weight excluding hydrogens is 386 g/mol. The maximum absolute atomic E-state index is 11.4. The molecule has 1 saturated heterocycles. The first-order valence-electron chi connectivity index (χ1n) is 9.50. The van der Waals surface area contributed by atoms with E-state index >= 15 is 0 Å². The number of carbonyl (C=O) groups is 1. The zero-order valence-corrected chi connectivity index (χ0v) is 16.3. The molecule has 1 fully saturated rings. The Morgan fingerprint density at radius 1 is 1.27 bits per heavy atom. The Balaban J connectivity index is 1.68. The largest absolute Gasteiger partial charge is 0.393 e. The van der Waals surface area contributed by atoms with Gasteiger partial charge in [-0.05, 0) is 30.7 Å². The number of nitro benzene ring substituents is 1. The normalized spacial score (nSPS) is 15.9. The van der Waals surface area contributed by atoms with Crippen molar-refractivity contribution in [2.75, 3.05) is 29.0 Å². The summed E-state index contributed by atoms with van der Waals surface area (Å²) in [6.07, 6.45) is 0.824. The number of nitrogens with zero attached hydrogens (tertiary/aromatic N) is 4. The minimum Gasteiger partial charge on any atom is -0.393 e. The molecule has 154 valence electrons. The van der Waals surface area contributed by atoms with E-state index in [1.54, 1.807) is 6.07 Å². The Morgan fingerprint density at radius 3 is 2.83 bits per heavy atom. The molecule has 10 nitrogen and oxygen atoms in total. The number of hydrogen-bond donors (Lipinski definition) is 3. The number of nitrogens with one attached hydrogen (secondary N) is 2. The fraction of sp³-hybridized carbons (Fsp3) is 0.250. The van der Waals surface area contributed by atoms with Crippen LogP contribution in [-0.2, 0) is 4.79 Å². The third kappa shape index (κ3) is 3.93. The summed E-state index contributed by atoms with van der Waals surface area (Å²) in [6, 6.07) is 12.2. The third-order valence-corrected chi connectivity index (χ3v) is 4.96. The lowest BCUT2D eigenvalue weighted by Crippen LogP contribution is -2.35. The number of aromatic nitrogens is 2. The number of nitrogens with two attached hydrogens (primary N) is 1. The second-order valence-electron chi connectivity index (χ2n) is 7.18. The number of nitrogen functional groups attached to an aromatic ring is 1. The van der Waals surface area contributed by atoms with Crippen LogP contribution in [0.2, 0.25) is 0 Å². The van der Waals surface area contributed by atoms with Crippen molar-refractivity contribution in [3.05, 3.63) is 52.6 Å². The third-order valence-electron chi connectivity index (χ3n) is 4.96. The van der Waals surface area contributed by atoms with Gasteiger partial charge in [-0.3, -0.25) is 14.9 Å². The number of nitro groups is 1. The smallest absolute Gasteiger partial charge is 0.294 e.